The van der Waals surface area contributed by atoms with E-state index < -0.39 is 29.2 Å². The molecule has 0 aromatic heterocycles. The van der Waals surface area contributed by atoms with Crippen LogP contribution in [0.3, 0.4) is 0 Å². The van der Waals surface area contributed by atoms with Crippen molar-refractivity contribution in [3.05, 3.63) is 29.3 Å². The highest BCUT2D eigenvalue weighted by molar-refractivity contribution is 5.70. The molecule has 0 fully saturated rings. The third-order valence-electron chi connectivity index (χ3n) is 2.54. The van der Waals surface area contributed by atoms with Gasteiger partial charge in [-0.15, -0.1) is 0 Å². The van der Waals surface area contributed by atoms with Crippen molar-refractivity contribution in [1.29, 1.82) is 5.26 Å². The van der Waals surface area contributed by atoms with Gasteiger partial charge in [0.15, 0.2) is 11.6 Å². The number of carbonyl (C=O) groups is 1. The minimum absolute atomic E-state index is 0.0778. The Hall–Kier alpha value is -2.16. The number of anilines is 1. The molecule has 0 radical (unpaired) electrons. The molecule has 96 valence electrons. The number of hydrogen-bond acceptors (Lipinski definition) is 3. The number of hydrogen-bond donors (Lipinski definition) is 2. The van der Waals surface area contributed by atoms with Gasteiger partial charge in [-0.2, -0.15) is 5.26 Å². The predicted molar refractivity (Wildman–Crippen MR) is 61.0 cm³/mol. The van der Waals surface area contributed by atoms with Crippen LogP contribution in [0, 0.1) is 28.9 Å². The minimum atomic E-state index is -1.03. The van der Waals surface area contributed by atoms with Crippen molar-refractivity contribution >= 4 is 11.7 Å². The Labute approximate surface area is 103 Å². The molecule has 0 saturated heterocycles. The molecular weight excluding hydrogens is 242 g/mol. The summed E-state index contributed by atoms with van der Waals surface area (Å²) in [5, 5.41) is 19.8. The maximum Gasteiger partial charge on any atom is 0.308 e. The molecule has 1 aromatic carbocycles. The largest absolute Gasteiger partial charge is 0.481 e. The highest BCUT2D eigenvalue weighted by Gasteiger charge is 2.17. The lowest BCUT2D eigenvalue weighted by Crippen LogP contribution is -2.22. The molecule has 0 bridgehead atoms. The van der Waals surface area contributed by atoms with Crippen LogP contribution in [0.2, 0.25) is 0 Å². The summed E-state index contributed by atoms with van der Waals surface area (Å²) >= 11 is 0. The smallest absolute Gasteiger partial charge is 0.308 e. The molecule has 0 aliphatic heterocycles. The normalized spacial score (nSPS) is 11.7. The Kier molecular flexibility index (Phi) is 4.60. The second-order valence-electron chi connectivity index (χ2n) is 3.75. The zero-order valence-electron chi connectivity index (χ0n) is 9.70. The van der Waals surface area contributed by atoms with Gasteiger partial charge >= 0.3 is 5.97 Å². The lowest BCUT2D eigenvalue weighted by atomic mass is 10.1. The van der Waals surface area contributed by atoms with Crippen molar-refractivity contribution in [2.75, 3.05) is 11.9 Å². The molecule has 0 aliphatic carbocycles. The number of nitrogens with zero attached hydrogens (tertiary/aromatic N) is 1. The molecular formula is C12H12F2N2O2. The van der Waals surface area contributed by atoms with Crippen LogP contribution in [0.25, 0.3) is 0 Å². The first-order valence-corrected chi connectivity index (χ1v) is 5.35. The quantitative estimate of drug-likeness (QED) is 0.846. The molecule has 18 heavy (non-hydrogen) atoms. The molecule has 0 aliphatic rings. The summed E-state index contributed by atoms with van der Waals surface area (Å²) < 4.78 is 26.9. The molecule has 1 rings (SSSR count). The Morgan fingerprint density at radius 3 is 2.44 bits per heavy atom. The van der Waals surface area contributed by atoms with Gasteiger partial charge in [-0.05, 0) is 18.6 Å². The highest BCUT2D eigenvalue weighted by Crippen LogP contribution is 2.21. The summed E-state index contributed by atoms with van der Waals surface area (Å²) in [6.45, 7) is 1.59. The van der Waals surface area contributed by atoms with E-state index in [0.717, 1.165) is 12.1 Å². The van der Waals surface area contributed by atoms with Gasteiger partial charge in [0.1, 0.15) is 5.69 Å². The monoisotopic (exact) mass is 254 g/mol. The molecule has 1 atom stereocenters. The second-order valence-corrected chi connectivity index (χ2v) is 3.75. The van der Waals surface area contributed by atoms with Crippen molar-refractivity contribution in [1.82, 2.24) is 0 Å². The zero-order valence-corrected chi connectivity index (χ0v) is 9.70. The van der Waals surface area contributed by atoms with Crippen LogP contribution in [0.1, 0.15) is 18.9 Å². The molecule has 6 heteroatoms. The van der Waals surface area contributed by atoms with E-state index in [1.807, 2.05) is 0 Å². The maximum absolute atomic E-state index is 13.5. The van der Waals surface area contributed by atoms with Gasteiger partial charge in [-0.1, -0.05) is 6.92 Å². The van der Waals surface area contributed by atoms with E-state index >= 15 is 0 Å². The molecule has 1 aromatic rings. The van der Waals surface area contributed by atoms with Crippen molar-refractivity contribution in [2.45, 2.75) is 13.3 Å². The standard InChI is InChI=1S/C12H12F2N2O2/c1-2-8(12(17)18)6-16-11-9(13)3-7(5-15)4-10(11)14/h3-4,8,16H,2,6H2,1H3,(H,17,18). The number of halogens is 2. The number of rotatable bonds is 5. The van der Waals surface area contributed by atoms with Gasteiger partial charge in [0.05, 0.1) is 17.6 Å². The number of aliphatic carboxylic acids is 1. The molecule has 0 spiro atoms. The van der Waals surface area contributed by atoms with Crippen molar-refractivity contribution in [3.63, 3.8) is 0 Å². The average Bonchev–Trinajstić information content (AvgIpc) is 2.32. The summed E-state index contributed by atoms with van der Waals surface area (Å²) in [4.78, 5) is 10.8. The Bertz CT molecular complexity index is 474. The van der Waals surface area contributed by atoms with E-state index in [4.69, 9.17) is 10.4 Å². The predicted octanol–water partition coefficient (Wildman–Crippen LogP) is 2.36. The van der Waals surface area contributed by atoms with E-state index in [0.29, 0.717) is 6.42 Å². The van der Waals surface area contributed by atoms with E-state index in [2.05, 4.69) is 5.32 Å². The van der Waals surface area contributed by atoms with E-state index in [-0.39, 0.29) is 12.1 Å². The van der Waals surface area contributed by atoms with Crippen LogP contribution in [-0.2, 0) is 4.79 Å². The number of carboxylic acid groups (broad SMARTS) is 1. The number of carboxylic acids is 1. The molecule has 0 heterocycles. The van der Waals surface area contributed by atoms with Crippen LogP contribution < -0.4 is 5.32 Å². The Balaban J connectivity index is 2.86. The van der Waals surface area contributed by atoms with Crippen LogP contribution in [-0.4, -0.2) is 17.6 Å². The third-order valence-corrected chi connectivity index (χ3v) is 2.54. The summed E-state index contributed by atoms with van der Waals surface area (Å²) in [7, 11) is 0. The van der Waals surface area contributed by atoms with Crippen LogP contribution >= 0.6 is 0 Å². The van der Waals surface area contributed by atoms with E-state index in [1.54, 1.807) is 13.0 Å². The highest BCUT2D eigenvalue weighted by atomic mass is 19.1. The fourth-order valence-electron chi connectivity index (χ4n) is 1.44. The van der Waals surface area contributed by atoms with Crippen molar-refractivity contribution in [2.24, 2.45) is 5.92 Å². The lowest BCUT2D eigenvalue weighted by molar-refractivity contribution is -0.141. The second kappa shape index (κ2) is 5.96. The minimum Gasteiger partial charge on any atom is -0.481 e. The molecule has 2 N–H and O–H groups in total. The van der Waals surface area contributed by atoms with Gasteiger partial charge in [-0.3, -0.25) is 4.79 Å². The zero-order chi connectivity index (χ0) is 13.7. The van der Waals surface area contributed by atoms with Gasteiger partial charge in [-0.25, -0.2) is 8.78 Å². The summed E-state index contributed by atoms with van der Waals surface area (Å²) in [6.07, 6.45) is 0.349. The first-order chi connectivity index (χ1) is 8.49. The van der Waals surface area contributed by atoms with Crippen molar-refractivity contribution in [3.8, 4) is 6.07 Å². The fraction of sp³-hybridized carbons (Fsp3) is 0.333. The maximum atomic E-state index is 13.5. The van der Waals surface area contributed by atoms with E-state index in [1.165, 1.54) is 0 Å². The number of nitrogens with one attached hydrogen (secondary N) is 1. The van der Waals surface area contributed by atoms with Crippen molar-refractivity contribution < 1.29 is 18.7 Å². The molecule has 0 amide bonds. The van der Waals surface area contributed by atoms with Crippen LogP contribution in [0.15, 0.2) is 12.1 Å². The summed E-state index contributed by atoms with van der Waals surface area (Å²) in [5.74, 6) is -3.57. The van der Waals surface area contributed by atoms with E-state index in [9.17, 15) is 13.6 Å². The third kappa shape index (κ3) is 3.17. The molecule has 4 nitrogen and oxygen atoms in total. The van der Waals surface area contributed by atoms with Crippen LogP contribution in [0.4, 0.5) is 14.5 Å². The van der Waals surface area contributed by atoms with Gasteiger partial charge in [0.2, 0.25) is 0 Å². The number of nitriles is 1. The summed E-state index contributed by atoms with van der Waals surface area (Å²) in [5.41, 5.74) is -0.533. The van der Waals surface area contributed by atoms with Gasteiger partial charge in [0, 0.05) is 6.54 Å². The molecule has 0 saturated carbocycles. The fourth-order valence-corrected chi connectivity index (χ4v) is 1.44. The Morgan fingerprint density at radius 1 is 1.50 bits per heavy atom. The van der Waals surface area contributed by atoms with Gasteiger partial charge in [0.25, 0.3) is 0 Å². The summed E-state index contributed by atoms with van der Waals surface area (Å²) in [6, 6.07) is 3.42. The number of benzene rings is 1. The topological polar surface area (TPSA) is 73.1 Å². The average molecular weight is 254 g/mol. The lowest BCUT2D eigenvalue weighted by Gasteiger charge is -2.13. The first-order valence-electron chi connectivity index (χ1n) is 5.35. The van der Waals surface area contributed by atoms with Gasteiger partial charge < -0.3 is 10.4 Å². The SMILES string of the molecule is CCC(CNc1c(F)cc(C#N)cc1F)C(=O)O. The van der Waals surface area contributed by atoms with Crippen LogP contribution in [0.5, 0.6) is 0 Å². The Morgan fingerprint density at radius 2 is 2.06 bits per heavy atom. The first kappa shape index (κ1) is 13.9. The molecule has 1 unspecified atom stereocenters.